The highest BCUT2D eigenvalue weighted by Gasteiger charge is 2.27. The van der Waals surface area contributed by atoms with Crippen LogP contribution in [0.5, 0.6) is 0 Å². The number of amides is 2. The summed E-state index contributed by atoms with van der Waals surface area (Å²) in [6.07, 6.45) is 1.50. The summed E-state index contributed by atoms with van der Waals surface area (Å²) >= 11 is 0. The molecule has 7 heteroatoms. The number of ether oxygens (including phenoxy) is 1. The van der Waals surface area contributed by atoms with Crippen molar-refractivity contribution in [3.8, 4) is 0 Å². The van der Waals surface area contributed by atoms with Crippen LogP contribution in [-0.2, 0) is 16.0 Å². The molecule has 1 aliphatic heterocycles. The quantitative estimate of drug-likeness (QED) is 0.750. The van der Waals surface area contributed by atoms with Gasteiger partial charge in [-0.2, -0.15) is 0 Å². The molecule has 1 atom stereocenters. The molecule has 2 aromatic heterocycles. The van der Waals surface area contributed by atoms with Crippen molar-refractivity contribution in [2.24, 2.45) is 5.73 Å². The zero-order valence-corrected chi connectivity index (χ0v) is 15.2. The molecule has 7 nitrogen and oxygen atoms in total. The summed E-state index contributed by atoms with van der Waals surface area (Å²) in [4.78, 5) is 35.2. The average Bonchev–Trinajstić information content (AvgIpc) is 2.73. The molecular weight excluding hydrogens is 356 g/mol. The molecule has 0 saturated carbocycles. The molecule has 2 N–H and O–H groups in total. The molecule has 1 aliphatic rings. The van der Waals surface area contributed by atoms with E-state index in [9.17, 15) is 9.59 Å². The summed E-state index contributed by atoms with van der Waals surface area (Å²) in [5.41, 5.74) is 7.97. The first-order chi connectivity index (χ1) is 13.6. The van der Waals surface area contributed by atoms with Gasteiger partial charge in [0.2, 0.25) is 11.8 Å². The fourth-order valence-electron chi connectivity index (χ4n) is 3.39. The van der Waals surface area contributed by atoms with E-state index in [1.54, 1.807) is 17.2 Å². The molecule has 142 valence electrons. The molecule has 2 amide bonds. The van der Waals surface area contributed by atoms with E-state index in [2.05, 4.69) is 9.97 Å². The number of carbonyl (C=O) groups is 2. The number of nitrogens with zero attached hydrogens (tertiary/aromatic N) is 3. The number of nitrogens with two attached hydrogens (primary N) is 1. The van der Waals surface area contributed by atoms with Gasteiger partial charge in [0.05, 0.1) is 36.3 Å². The molecule has 3 aromatic rings. The van der Waals surface area contributed by atoms with E-state index in [4.69, 9.17) is 10.5 Å². The van der Waals surface area contributed by atoms with Gasteiger partial charge in [0.25, 0.3) is 0 Å². The van der Waals surface area contributed by atoms with Gasteiger partial charge in [-0.15, -0.1) is 0 Å². The third-order valence-electron chi connectivity index (χ3n) is 4.81. The lowest BCUT2D eigenvalue weighted by Crippen LogP contribution is -2.43. The molecular formula is C21H20N4O3. The summed E-state index contributed by atoms with van der Waals surface area (Å²) in [5.74, 6) is -0.526. The lowest BCUT2D eigenvalue weighted by Gasteiger charge is -2.33. The topological polar surface area (TPSA) is 98.4 Å². The van der Waals surface area contributed by atoms with Crippen LogP contribution in [-0.4, -0.2) is 46.4 Å². The average molecular weight is 376 g/mol. The minimum Gasteiger partial charge on any atom is -0.368 e. The molecule has 4 rings (SSSR count). The molecule has 28 heavy (non-hydrogen) atoms. The highest BCUT2D eigenvalue weighted by molar-refractivity contribution is 6.05. The van der Waals surface area contributed by atoms with E-state index in [0.29, 0.717) is 41.9 Å². The number of pyridine rings is 2. The van der Waals surface area contributed by atoms with Crippen LogP contribution in [0.15, 0.2) is 54.7 Å². The summed E-state index contributed by atoms with van der Waals surface area (Å²) in [7, 11) is 0. The van der Waals surface area contributed by atoms with Crippen molar-refractivity contribution in [3.05, 3.63) is 71.7 Å². The normalized spacial score (nSPS) is 16.9. The van der Waals surface area contributed by atoms with Crippen LogP contribution in [0.1, 0.15) is 27.8 Å². The zero-order valence-electron chi connectivity index (χ0n) is 15.2. The summed E-state index contributed by atoms with van der Waals surface area (Å²) in [5, 5.41) is 0.706. The summed E-state index contributed by atoms with van der Waals surface area (Å²) in [6.45, 7) is 1.28. The molecule has 0 bridgehead atoms. The van der Waals surface area contributed by atoms with Gasteiger partial charge in [-0.1, -0.05) is 24.3 Å². The van der Waals surface area contributed by atoms with Crippen LogP contribution in [0, 0.1) is 0 Å². The van der Waals surface area contributed by atoms with Crippen molar-refractivity contribution in [1.29, 1.82) is 0 Å². The predicted molar refractivity (Wildman–Crippen MR) is 103 cm³/mol. The number of aromatic nitrogens is 2. The second kappa shape index (κ2) is 7.74. The second-order valence-electron chi connectivity index (χ2n) is 6.67. The molecule has 1 saturated heterocycles. The molecule has 0 unspecified atom stereocenters. The van der Waals surface area contributed by atoms with Gasteiger partial charge in [0, 0.05) is 23.8 Å². The van der Waals surface area contributed by atoms with Crippen molar-refractivity contribution >= 4 is 22.7 Å². The highest BCUT2D eigenvalue weighted by atomic mass is 16.5. The summed E-state index contributed by atoms with van der Waals surface area (Å²) < 4.78 is 5.85. The Morgan fingerprint density at radius 1 is 1.18 bits per heavy atom. The van der Waals surface area contributed by atoms with Gasteiger partial charge in [0.1, 0.15) is 6.10 Å². The number of morpholine rings is 1. The third kappa shape index (κ3) is 3.70. The maximum absolute atomic E-state index is 12.7. The predicted octanol–water partition coefficient (Wildman–Crippen LogP) is 1.87. The SMILES string of the molecule is NC(=O)c1cc([C@@H]2CN(C(=O)Cc3ccccn3)CCO2)nc2ccccc12. The Morgan fingerprint density at radius 3 is 2.79 bits per heavy atom. The number of para-hydroxylation sites is 1. The Labute approximate surface area is 162 Å². The van der Waals surface area contributed by atoms with E-state index >= 15 is 0 Å². The van der Waals surface area contributed by atoms with Gasteiger partial charge < -0.3 is 15.4 Å². The van der Waals surface area contributed by atoms with Gasteiger partial charge in [0.15, 0.2) is 0 Å². The largest absolute Gasteiger partial charge is 0.368 e. The standard InChI is InChI=1S/C21H20N4O3/c22-21(27)16-12-18(24-17-7-2-1-6-15(16)17)19-13-25(9-10-28-19)20(26)11-14-5-3-4-8-23-14/h1-8,12,19H,9-11,13H2,(H2,22,27)/t19-/m0/s1. The lowest BCUT2D eigenvalue weighted by atomic mass is 10.0. The van der Waals surface area contributed by atoms with Crippen molar-refractivity contribution in [3.63, 3.8) is 0 Å². The third-order valence-corrected chi connectivity index (χ3v) is 4.81. The first-order valence-corrected chi connectivity index (χ1v) is 9.10. The maximum atomic E-state index is 12.7. The van der Waals surface area contributed by atoms with Crippen LogP contribution in [0.25, 0.3) is 10.9 Å². The van der Waals surface area contributed by atoms with E-state index in [0.717, 1.165) is 5.69 Å². The second-order valence-corrected chi connectivity index (χ2v) is 6.67. The molecule has 3 heterocycles. The number of hydrogen-bond donors (Lipinski definition) is 1. The first-order valence-electron chi connectivity index (χ1n) is 9.10. The number of fused-ring (bicyclic) bond motifs is 1. The minimum atomic E-state index is -0.515. The van der Waals surface area contributed by atoms with Crippen LogP contribution in [0.3, 0.4) is 0 Å². The maximum Gasteiger partial charge on any atom is 0.249 e. The van der Waals surface area contributed by atoms with Gasteiger partial charge in [-0.25, -0.2) is 4.98 Å². The van der Waals surface area contributed by atoms with Crippen molar-refractivity contribution in [1.82, 2.24) is 14.9 Å². The lowest BCUT2D eigenvalue weighted by molar-refractivity contribution is -0.138. The van der Waals surface area contributed by atoms with Crippen LogP contribution in [0.2, 0.25) is 0 Å². The fraction of sp³-hybridized carbons (Fsp3) is 0.238. The number of carbonyl (C=O) groups excluding carboxylic acids is 2. The van der Waals surface area contributed by atoms with Crippen molar-refractivity contribution in [2.45, 2.75) is 12.5 Å². The molecule has 1 aromatic carbocycles. The monoisotopic (exact) mass is 376 g/mol. The van der Waals surface area contributed by atoms with Crippen molar-refractivity contribution in [2.75, 3.05) is 19.7 Å². The van der Waals surface area contributed by atoms with Crippen LogP contribution >= 0.6 is 0 Å². The van der Waals surface area contributed by atoms with E-state index in [1.807, 2.05) is 42.5 Å². The van der Waals surface area contributed by atoms with E-state index in [1.165, 1.54) is 0 Å². The van der Waals surface area contributed by atoms with Crippen LogP contribution in [0.4, 0.5) is 0 Å². The Bertz CT molecular complexity index is 1020. The molecule has 0 aliphatic carbocycles. The first kappa shape index (κ1) is 18.1. The number of primary amides is 1. The fourth-order valence-corrected chi connectivity index (χ4v) is 3.39. The minimum absolute atomic E-state index is 0.0112. The van der Waals surface area contributed by atoms with E-state index < -0.39 is 12.0 Å². The number of rotatable bonds is 4. The molecule has 0 spiro atoms. The van der Waals surface area contributed by atoms with Gasteiger partial charge >= 0.3 is 0 Å². The van der Waals surface area contributed by atoms with Crippen molar-refractivity contribution < 1.29 is 14.3 Å². The molecule has 1 fully saturated rings. The Kier molecular flexibility index (Phi) is 4.99. The Hall–Kier alpha value is -3.32. The van der Waals surface area contributed by atoms with Gasteiger partial charge in [-0.3, -0.25) is 14.6 Å². The van der Waals surface area contributed by atoms with Gasteiger partial charge in [-0.05, 0) is 24.3 Å². The number of hydrogen-bond acceptors (Lipinski definition) is 5. The highest BCUT2D eigenvalue weighted by Crippen LogP contribution is 2.26. The van der Waals surface area contributed by atoms with Crippen LogP contribution < -0.4 is 5.73 Å². The Balaban J connectivity index is 1.58. The zero-order chi connectivity index (χ0) is 19.5. The molecule has 0 radical (unpaired) electrons. The summed E-state index contributed by atoms with van der Waals surface area (Å²) in [6, 6.07) is 14.5. The number of benzene rings is 1. The smallest absolute Gasteiger partial charge is 0.249 e. The Morgan fingerprint density at radius 2 is 2.00 bits per heavy atom. The van der Waals surface area contributed by atoms with E-state index in [-0.39, 0.29) is 12.3 Å².